The Balaban J connectivity index is 1.91. The Labute approximate surface area is 129 Å². The molecule has 1 heterocycles. The van der Waals surface area contributed by atoms with E-state index < -0.39 is 0 Å². The summed E-state index contributed by atoms with van der Waals surface area (Å²) >= 11 is 1.58. The molecule has 21 heavy (non-hydrogen) atoms. The monoisotopic (exact) mass is 304 g/mol. The number of benzene rings is 1. The van der Waals surface area contributed by atoms with Crippen LogP contribution in [0.4, 0.5) is 5.69 Å². The van der Waals surface area contributed by atoms with Gasteiger partial charge < -0.3 is 9.84 Å². The first-order valence-corrected chi connectivity index (χ1v) is 7.93. The molecule has 1 N–H and O–H groups in total. The second kappa shape index (κ2) is 6.80. The van der Waals surface area contributed by atoms with Crippen LogP contribution in [0.2, 0.25) is 0 Å². The normalized spacial score (nSPS) is 12.2. The van der Waals surface area contributed by atoms with Gasteiger partial charge in [-0.25, -0.2) is 0 Å². The van der Waals surface area contributed by atoms with Crippen LogP contribution in [0.15, 0.2) is 28.8 Å². The van der Waals surface area contributed by atoms with Gasteiger partial charge in [-0.1, -0.05) is 17.3 Å². The maximum Gasteiger partial charge on any atom is 0.237 e. The Morgan fingerprint density at radius 3 is 2.76 bits per heavy atom. The van der Waals surface area contributed by atoms with E-state index in [9.17, 15) is 4.79 Å². The summed E-state index contributed by atoms with van der Waals surface area (Å²) in [6.07, 6.45) is 0. The van der Waals surface area contributed by atoms with E-state index in [-0.39, 0.29) is 11.2 Å². The van der Waals surface area contributed by atoms with E-state index in [1.54, 1.807) is 11.8 Å². The number of aryl methyl sites for hydroxylation is 3. The number of hydrogen-bond acceptors (Lipinski definition) is 4. The molecular formula is C16H20N2O2S. The third-order valence-corrected chi connectivity index (χ3v) is 4.48. The van der Waals surface area contributed by atoms with Crippen molar-refractivity contribution in [2.24, 2.45) is 0 Å². The lowest BCUT2D eigenvalue weighted by Crippen LogP contribution is -2.22. The number of carbonyl (C=O) groups excluding carboxylic acids is 1. The van der Waals surface area contributed by atoms with Crippen LogP contribution in [0.25, 0.3) is 0 Å². The molecule has 1 atom stereocenters. The fourth-order valence-electron chi connectivity index (χ4n) is 1.96. The number of nitrogens with zero attached hydrogens (tertiary/aromatic N) is 1. The number of rotatable bonds is 5. The molecule has 0 saturated carbocycles. The van der Waals surface area contributed by atoms with Crippen LogP contribution < -0.4 is 5.32 Å². The summed E-state index contributed by atoms with van der Waals surface area (Å²) in [6.45, 7) is 7.73. The predicted molar refractivity (Wildman–Crippen MR) is 86.5 cm³/mol. The second-order valence-electron chi connectivity index (χ2n) is 5.11. The summed E-state index contributed by atoms with van der Waals surface area (Å²) in [5, 5.41) is 6.73. The molecule has 1 aromatic carbocycles. The highest BCUT2D eigenvalue weighted by Crippen LogP contribution is 2.23. The van der Waals surface area contributed by atoms with Crippen LogP contribution in [0.5, 0.6) is 0 Å². The van der Waals surface area contributed by atoms with Gasteiger partial charge >= 0.3 is 0 Å². The Morgan fingerprint density at radius 1 is 1.38 bits per heavy atom. The van der Waals surface area contributed by atoms with Crippen LogP contribution in [-0.2, 0) is 10.5 Å². The van der Waals surface area contributed by atoms with Gasteiger partial charge in [0.05, 0.1) is 10.9 Å². The molecule has 0 saturated heterocycles. The van der Waals surface area contributed by atoms with Crippen molar-refractivity contribution in [2.75, 3.05) is 5.32 Å². The zero-order valence-electron chi connectivity index (χ0n) is 12.8. The lowest BCUT2D eigenvalue weighted by molar-refractivity contribution is -0.115. The number of anilines is 1. The van der Waals surface area contributed by atoms with Gasteiger partial charge in [0.2, 0.25) is 5.91 Å². The summed E-state index contributed by atoms with van der Waals surface area (Å²) in [5.74, 6) is 1.56. The molecule has 1 unspecified atom stereocenters. The van der Waals surface area contributed by atoms with E-state index in [4.69, 9.17) is 4.52 Å². The third kappa shape index (κ3) is 4.11. The average Bonchev–Trinajstić information content (AvgIpc) is 2.75. The lowest BCUT2D eigenvalue weighted by Gasteiger charge is -2.12. The molecule has 0 radical (unpaired) electrons. The van der Waals surface area contributed by atoms with E-state index in [0.29, 0.717) is 0 Å². The minimum Gasteiger partial charge on any atom is -0.361 e. The summed E-state index contributed by atoms with van der Waals surface area (Å²) in [6, 6.07) is 7.80. The molecule has 4 nitrogen and oxygen atoms in total. The van der Waals surface area contributed by atoms with Crippen molar-refractivity contribution in [1.82, 2.24) is 5.16 Å². The van der Waals surface area contributed by atoms with Gasteiger partial charge in [-0.05, 0) is 45.4 Å². The van der Waals surface area contributed by atoms with Crippen molar-refractivity contribution in [2.45, 2.75) is 38.7 Å². The van der Waals surface area contributed by atoms with E-state index in [1.807, 2.05) is 52.0 Å². The Kier molecular flexibility index (Phi) is 5.07. The van der Waals surface area contributed by atoms with Crippen molar-refractivity contribution in [1.29, 1.82) is 0 Å². The average molecular weight is 304 g/mol. The van der Waals surface area contributed by atoms with Crippen LogP contribution in [-0.4, -0.2) is 16.3 Å². The summed E-state index contributed by atoms with van der Waals surface area (Å²) in [7, 11) is 0. The smallest absolute Gasteiger partial charge is 0.237 e. The van der Waals surface area contributed by atoms with Crippen molar-refractivity contribution in [3.05, 3.63) is 46.8 Å². The summed E-state index contributed by atoms with van der Waals surface area (Å²) in [5.41, 5.74) is 3.94. The lowest BCUT2D eigenvalue weighted by atomic mass is 10.2. The van der Waals surface area contributed by atoms with Crippen LogP contribution in [0.3, 0.4) is 0 Å². The first kappa shape index (κ1) is 15.6. The number of hydrogen-bond donors (Lipinski definition) is 1. The van der Waals surface area contributed by atoms with Gasteiger partial charge in [-0.15, -0.1) is 11.8 Å². The molecule has 0 bridgehead atoms. The van der Waals surface area contributed by atoms with Gasteiger partial charge in [0, 0.05) is 17.0 Å². The second-order valence-corrected chi connectivity index (χ2v) is 6.44. The molecule has 0 fully saturated rings. The number of amides is 1. The Bertz CT molecular complexity index is 617. The van der Waals surface area contributed by atoms with E-state index in [1.165, 1.54) is 0 Å². The van der Waals surface area contributed by atoms with Gasteiger partial charge in [0.25, 0.3) is 0 Å². The minimum atomic E-state index is -0.140. The SMILES string of the molecule is Cc1cccc(NC(=O)C(C)SCc2c(C)noc2C)c1. The predicted octanol–water partition coefficient (Wildman–Crippen LogP) is 3.86. The van der Waals surface area contributed by atoms with Crippen LogP contribution in [0, 0.1) is 20.8 Å². The van der Waals surface area contributed by atoms with E-state index >= 15 is 0 Å². The fraction of sp³-hybridized carbons (Fsp3) is 0.375. The van der Waals surface area contributed by atoms with Gasteiger partial charge in [-0.3, -0.25) is 4.79 Å². The quantitative estimate of drug-likeness (QED) is 0.911. The first-order chi connectivity index (χ1) is 9.97. The molecule has 0 aliphatic carbocycles. The molecular weight excluding hydrogens is 284 g/mol. The molecule has 112 valence electrons. The largest absolute Gasteiger partial charge is 0.361 e. The van der Waals surface area contributed by atoms with Gasteiger partial charge in [0.15, 0.2) is 0 Å². The topological polar surface area (TPSA) is 55.1 Å². The minimum absolute atomic E-state index is 0.0114. The summed E-state index contributed by atoms with van der Waals surface area (Å²) in [4.78, 5) is 12.2. The van der Waals surface area contributed by atoms with Gasteiger partial charge in [0.1, 0.15) is 5.76 Å². The third-order valence-electron chi connectivity index (χ3n) is 3.31. The van der Waals surface area contributed by atoms with Crippen LogP contribution >= 0.6 is 11.8 Å². The Morgan fingerprint density at radius 2 is 2.14 bits per heavy atom. The van der Waals surface area contributed by atoms with Crippen molar-refractivity contribution in [3.63, 3.8) is 0 Å². The van der Waals surface area contributed by atoms with Crippen molar-refractivity contribution < 1.29 is 9.32 Å². The molecule has 1 aromatic heterocycles. The van der Waals surface area contributed by atoms with Crippen LogP contribution in [0.1, 0.15) is 29.5 Å². The molecule has 1 amide bonds. The molecule has 0 aliphatic heterocycles. The zero-order chi connectivity index (χ0) is 15.4. The van der Waals surface area contributed by atoms with E-state index in [2.05, 4.69) is 10.5 Å². The van der Waals surface area contributed by atoms with Crippen molar-refractivity contribution >= 4 is 23.4 Å². The maximum atomic E-state index is 12.2. The van der Waals surface area contributed by atoms with Gasteiger partial charge in [-0.2, -0.15) is 0 Å². The number of aromatic nitrogens is 1. The number of carbonyl (C=O) groups is 1. The molecule has 2 aromatic rings. The Hall–Kier alpha value is -1.75. The zero-order valence-corrected chi connectivity index (χ0v) is 13.6. The highest BCUT2D eigenvalue weighted by atomic mass is 32.2. The number of nitrogens with one attached hydrogen (secondary N) is 1. The first-order valence-electron chi connectivity index (χ1n) is 6.88. The highest BCUT2D eigenvalue weighted by molar-refractivity contribution is 7.99. The molecule has 2 rings (SSSR count). The van der Waals surface area contributed by atoms with Crippen molar-refractivity contribution in [3.8, 4) is 0 Å². The molecule has 0 aliphatic rings. The standard InChI is InChI=1S/C16H20N2O2S/c1-10-6-5-7-14(8-10)17-16(19)13(4)21-9-15-11(2)18-20-12(15)3/h5-8,13H,9H2,1-4H3,(H,17,19). The van der Waals surface area contributed by atoms with E-state index in [0.717, 1.165) is 34.0 Å². The highest BCUT2D eigenvalue weighted by Gasteiger charge is 2.16. The molecule has 5 heteroatoms. The fourth-order valence-corrected chi connectivity index (χ4v) is 3.00. The maximum absolute atomic E-state index is 12.2. The number of thioether (sulfide) groups is 1. The summed E-state index contributed by atoms with van der Waals surface area (Å²) < 4.78 is 5.13. The molecule has 0 spiro atoms.